The van der Waals surface area contributed by atoms with Crippen LogP contribution in [0.5, 0.6) is 11.5 Å². The number of hydrogen-bond donors (Lipinski definition) is 0. The summed E-state index contributed by atoms with van der Waals surface area (Å²) >= 11 is 13.8. The second-order valence-corrected chi connectivity index (χ2v) is 11.0. The topological polar surface area (TPSA) is 68.2 Å². The van der Waals surface area contributed by atoms with Gasteiger partial charge in [0, 0.05) is 27.6 Å². The SMILES string of the molecule is O=S1(=O)CC2N=C(SCc3ccc(Cl)cc3Cl)N(c3ccc4c(c3)OCO4)C2C1. The van der Waals surface area contributed by atoms with Crippen molar-refractivity contribution in [1.82, 2.24) is 0 Å². The maximum absolute atomic E-state index is 12.2. The first-order chi connectivity index (χ1) is 13.9. The highest BCUT2D eigenvalue weighted by Gasteiger charge is 2.47. The zero-order chi connectivity index (χ0) is 20.2. The van der Waals surface area contributed by atoms with Crippen molar-refractivity contribution in [2.24, 2.45) is 4.99 Å². The molecular formula is C19H16Cl2N2O4S2. The lowest BCUT2D eigenvalue weighted by atomic mass is 10.1. The Labute approximate surface area is 182 Å². The summed E-state index contributed by atoms with van der Waals surface area (Å²) in [5, 5.41) is 1.96. The fourth-order valence-electron chi connectivity index (χ4n) is 3.75. The fraction of sp³-hybridized carbons (Fsp3) is 0.316. The maximum atomic E-state index is 12.2. The average Bonchev–Trinajstić information content (AvgIpc) is 3.32. The molecule has 3 aliphatic heterocycles. The van der Waals surface area contributed by atoms with E-state index in [9.17, 15) is 8.42 Å². The molecule has 2 aromatic carbocycles. The molecule has 0 saturated carbocycles. The molecule has 2 unspecified atom stereocenters. The summed E-state index contributed by atoms with van der Waals surface area (Å²) in [5.74, 6) is 2.09. The summed E-state index contributed by atoms with van der Waals surface area (Å²) in [5.41, 5.74) is 1.78. The Kier molecular flexibility index (Phi) is 4.85. The molecule has 2 aromatic rings. The average molecular weight is 471 g/mol. The number of anilines is 1. The summed E-state index contributed by atoms with van der Waals surface area (Å²) in [6, 6.07) is 10.5. The first-order valence-corrected chi connectivity index (χ1v) is 12.5. The number of fused-ring (bicyclic) bond motifs is 2. The summed E-state index contributed by atoms with van der Waals surface area (Å²) < 4.78 is 35.3. The molecule has 1 saturated heterocycles. The largest absolute Gasteiger partial charge is 0.454 e. The van der Waals surface area contributed by atoms with Gasteiger partial charge in [-0.2, -0.15) is 0 Å². The van der Waals surface area contributed by atoms with Crippen molar-refractivity contribution in [3.05, 3.63) is 52.0 Å². The molecule has 6 nitrogen and oxygen atoms in total. The van der Waals surface area contributed by atoms with Crippen LogP contribution in [-0.4, -0.2) is 44.0 Å². The highest BCUT2D eigenvalue weighted by Crippen LogP contribution is 2.41. The lowest BCUT2D eigenvalue weighted by Crippen LogP contribution is -2.39. The van der Waals surface area contributed by atoms with Crippen LogP contribution in [0, 0.1) is 0 Å². The predicted molar refractivity (Wildman–Crippen MR) is 116 cm³/mol. The molecule has 3 heterocycles. The number of hydrogen-bond acceptors (Lipinski definition) is 7. The number of amidine groups is 1. The Morgan fingerprint density at radius 1 is 1.10 bits per heavy atom. The second kappa shape index (κ2) is 7.27. The van der Waals surface area contributed by atoms with Gasteiger partial charge in [0.1, 0.15) is 0 Å². The van der Waals surface area contributed by atoms with Crippen molar-refractivity contribution in [2.45, 2.75) is 17.8 Å². The Hall–Kier alpha value is -1.61. The molecule has 152 valence electrons. The number of thioether (sulfide) groups is 1. The van der Waals surface area contributed by atoms with Crippen LogP contribution in [0.3, 0.4) is 0 Å². The van der Waals surface area contributed by atoms with Gasteiger partial charge in [0.2, 0.25) is 6.79 Å². The van der Waals surface area contributed by atoms with Gasteiger partial charge in [0.15, 0.2) is 26.5 Å². The Morgan fingerprint density at radius 3 is 2.76 bits per heavy atom. The van der Waals surface area contributed by atoms with Crippen molar-refractivity contribution in [2.75, 3.05) is 23.2 Å². The molecule has 0 aliphatic carbocycles. The number of benzene rings is 2. The van der Waals surface area contributed by atoms with Crippen LogP contribution in [-0.2, 0) is 15.6 Å². The van der Waals surface area contributed by atoms with Crippen molar-refractivity contribution < 1.29 is 17.9 Å². The quantitative estimate of drug-likeness (QED) is 0.675. The Balaban J connectivity index is 1.45. The minimum absolute atomic E-state index is 0.0739. The Bertz CT molecular complexity index is 1120. The lowest BCUT2D eigenvalue weighted by Gasteiger charge is -2.26. The molecule has 0 amide bonds. The van der Waals surface area contributed by atoms with Crippen molar-refractivity contribution in [3.63, 3.8) is 0 Å². The van der Waals surface area contributed by atoms with E-state index in [1.807, 2.05) is 29.2 Å². The van der Waals surface area contributed by atoms with E-state index in [-0.39, 0.29) is 30.4 Å². The van der Waals surface area contributed by atoms with Crippen molar-refractivity contribution in [1.29, 1.82) is 0 Å². The molecule has 2 atom stereocenters. The highest BCUT2D eigenvalue weighted by atomic mass is 35.5. The van der Waals surface area contributed by atoms with E-state index >= 15 is 0 Å². The monoisotopic (exact) mass is 470 g/mol. The van der Waals surface area contributed by atoms with Gasteiger partial charge in [-0.3, -0.25) is 4.99 Å². The third-order valence-corrected chi connectivity index (χ3v) is 8.42. The molecule has 0 aromatic heterocycles. The van der Waals surface area contributed by atoms with Gasteiger partial charge < -0.3 is 14.4 Å². The van der Waals surface area contributed by atoms with E-state index in [2.05, 4.69) is 0 Å². The minimum atomic E-state index is -3.11. The number of nitrogens with zero attached hydrogens (tertiary/aromatic N) is 2. The van der Waals surface area contributed by atoms with Gasteiger partial charge in [-0.1, -0.05) is 41.0 Å². The van der Waals surface area contributed by atoms with Crippen LogP contribution >= 0.6 is 35.0 Å². The van der Waals surface area contributed by atoms with E-state index in [1.54, 1.807) is 12.1 Å². The molecule has 5 rings (SSSR count). The second-order valence-electron chi connectivity index (χ2n) is 7.06. The number of ether oxygens (including phenoxy) is 2. The highest BCUT2D eigenvalue weighted by molar-refractivity contribution is 8.13. The first-order valence-electron chi connectivity index (χ1n) is 8.93. The van der Waals surface area contributed by atoms with Gasteiger partial charge in [-0.15, -0.1) is 0 Å². The zero-order valence-electron chi connectivity index (χ0n) is 15.0. The maximum Gasteiger partial charge on any atom is 0.231 e. The normalized spacial score (nSPS) is 23.9. The molecule has 1 fully saturated rings. The summed E-state index contributed by atoms with van der Waals surface area (Å²) in [4.78, 5) is 6.75. The molecule has 0 spiro atoms. The van der Waals surface area contributed by atoms with Crippen molar-refractivity contribution in [3.8, 4) is 11.5 Å². The van der Waals surface area contributed by atoms with Gasteiger partial charge in [-0.25, -0.2) is 8.42 Å². The third kappa shape index (κ3) is 3.67. The third-order valence-electron chi connectivity index (χ3n) is 5.11. The van der Waals surface area contributed by atoms with Crippen LogP contribution in [0.1, 0.15) is 5.56 Å². The fourth-order valence-corrected chi connectivity index (χ4v) is 7.28. The van der Waals surface area contributed by atoms with E-state index in [0.717, 1.165) is 16.4 Å². The van der Waals surface area contributed by atoms with Crippen LogP contribution in [0.2, 0.25) is 10.0 Å². The van der Waals surface area contributed by atoms with E-state index in [4.69, 9.17) is 37.7 Å². The standard InChI is InChI=1S/C19H16Cl2N2O4S2/c20-12-2-1-11(14(21)5-12)7-28-19-22-15-8-29(24,25)9-16(15)23(19)13-3-4-17-18(6-13)27-10-26-17/h1-6,15-16H,7-10H2. The Morgan fingerprint density at radius 2 is 1.93 bits per heavy atom. The van der Waals surface area contributed by atoms with E-state index in [0.29, 0.717) is 27.3 Å². The first kappa shape index (κ1) is 19.4. The van der Waals surface area contributed by atoms with Gasteiger partial charge in [0.25, 0.3) is 0 Å². The lowest BCUT2D eigenvalue weighted by molar-refractivity contribution is 0.174. The number of rotatable bonds is 3. The summed E-state index contributed by atoms with van der Waals surface area (Å²) in [7, 11) is -3.11. The minimum Gasteiger partial charge on any atom is -0.454 e. The molecule has 0 radical (unpaired) electrons. The molecule has 0 N–H and O–H groups in total. The molecule has 10 heteroatoms. The molecule has 3 aliphatic rings. The van der Waals surface area contributed by atoms with Crippen LogP contribution < -0.4 is 14.4 Å². The summed E-state index contributed by atoms with van der Waals surface area (Å²) in [6.07, 6.45) is 0. The van der Waals surface area contributed by atoms with E-state index < -0.39 is 9.84 Å². The van der Waals surface area contributed by atoms with Gasteiger partial charge >= 0.3 is 0 Å². The molecule has 0 bridgehead atoms. The van der Waals surface area contributed by atoms with Gasteiger partial charge in [0.05, 0.1) is 23.6 Å². The number of sulfone groups is 1. The summed E-state index contributed by atoms with van der Waals surface area (Å²) in [6.45, 7) is 0.185. The van der Waals surface area contributed by atoms with E-state index in [1.165, 1.54) is 11.8 Å². The van der Waals surface area contributed by atoms with Gasteiger partial charge in [-0.05, 0) is 29.8 Å². The predicted octanol–water partition coefficient (Wildman–Crippen LogP) is 4.00. The van der Waals surface area contributed by atoms with Crippen LogP contribution in [0.4, 0.5) is 5.69 Å². The smallest absolute Gasteiger partial charge is 0.231 e. The van der Waals surface area contributed by atoms with Crippen molar-refractivity contribution >= 4 is 55.7 Å². The van der Waals surface area contributed by atoms with Crippen LogP contribution in [0.25, 0.3) is 0 Å². The molecule has 29 heavy (non-hydrogen) atoms. The number of aliphatic imine (C=N–C) groups is 1. The zero-order valence-corrected chi connectivity index (χ0v) is 18.2. The number of halogens is 2. The molecular weight excluding hydrogens is 455 g/mol. The van der Waals surface area contributed by atoms with Crippen LogP contribution in [0.15, 0.2) is 41.4 Å².